The van der Waals surface area contributed by atoms with Crippen LogP contribution in [0.25, 0.3) is 11.3 Å². The number of aromatic nitrogens is 4. The summed E-state index contributed by atoms with van der Waals surface area (Å²) in [7, 11) is 1.64. The first-order valence-corrected chi connectivity index (χ1v) is 14.4. The number of carbonyl (C=O) groups is 2. The van der Waals surface area contributed by atoms with E-state index >= 15 is 4.39 Å². The molecule has 218 valence electrons. The Balaban J connectivity index is 1.28. The summed E-state index contributed by atoms with van der Waals surface area (Å²) in [6.45, 7) is 4.94. The minimum atomic E-state index is -0.334. The summed E-state index contributed by atoms with van der Waals surface area (Å²) in [4.78, 5) is 27.1. The molecule has 2 amide bonds. The number of rotatable bonds is 7. The number of likely N-dealkylation sites (tertiary alicyclic amines) is 1. The van der Waals surface area contributed by atoms with Gasteiger partial charge in [-0.2, -0.15) is 10.2 Å². The van der Waals surface area contributed by atoms with Crippen LogP contribution in [0.4, 0.5) is 10.1 Å². The number of anilines is 1. The summed E-state index contributed by atoms with van der Waals surface area (Å²) in [5, 5.41) is 17.6. The molecule has 2 aromatic heterocycles. The molecule has 4 heterocycles. The molecule has 1 fully saturated rings. The maximum absolute atomic E-state index is 16.1. The third-order valence-corrected chi connectivity index (χ3v) is 8.66. The highest BCUT2D eigenvalue weighted by molar-refractivity contribution is 5.96. The molecule has 0 spiro atoms. The number of H-pyrrole nitrogens is 2. The standard InChI is InChI=1S/C32H35FN6O3/c1-18-14-24-27(35-31(18)40)9-8-23(29(24)33)30-25(28(37-38-30)16-20-4-6-22(42-3)7-5-20)15-21-10-12-39(13-11-21)32(41)26-17-34-36-19(26)2/h4-9,17-18,21H,10-16H2,1-3H3,(H,34,36)(H,35,40)(H,37,38). The van der Waals surface area contributed by atoms with E-state index in [1.807, 2.05) is 43.0 Å². The van der Waals surface area contributed by atoms with E-state index in [9.17, 15) is 9.59 Å². The Hall–Kier alpha value is -4.47. The van der Waals surface area contributed by atoms with E-state index in [-0.39, 0.29) is 23.5 Å². The van der Waals surface area contributed by atoms with Gasteiger partial charge in [-0.05, 0) is 68.4 Å². The number of carbonyl (C=O) groups excluding carboxylic acids is 2. The molecular formula is C32H35FN6O3. The molecule has 2 aliphatic rings. The van der Waals surface area contributed by atoms with Crippen LogP contribution >= 0.6 is 0 Å². The lowest BCUT2D eigenvalue weighted by atomic mass is 9.86. The molecule has 10 heteroatoms. The van der Waals surface area contributed by atoms with Gasteiger partial charge in [0.25, 0.3) is 5.91 Å². The lowest BCUT2D eigenvalue weighted by Crippen LogP contribution is -2.39. The largest absolute Gasteiger partial charge is 0.497 e. The van der Waals surface area contributed by atoms with Gasteiger partial charge in [-0.1, -0.05) is 19.1 Å². The van der Waals surface area contributed by atoms with Gasteiger partial charge in [0.15, 0.2) is 0 Å². The van der Waals surface area contributed by atoms with Crippen molar-refractivity contribution in [3.8, 4) is 17.0 Å². The molecule has 0 saturated carbocycles. The molecular weight excluding hydrogens is 535 g/mol. The highest BCUT2D eigenvalue weighted by Crippen LogP contribution is 2.37. The molecule has 0 bridgehead atoms. The summed E-state index contributed by atoms with van der Waals surface area (Å²) >= 11 is 0. The predicted molar refractivity (Wildman–Crippen MR) is 157 cm³/mol. The van der Waals surface area contributed by atoms with Gasteiger partial charge < -0.3 is 15.0 Å². The molecule has 42 heavy (non-hydrogen) atoms. The lowest BCUT2D eigenvalue weighted by Gasteiger charge is -2.32. The van der Waals surface area contributed by atoms with Crippen molar-refractivity contribution < 1.29 is 18.7 Å². The molecule has 0 radical (unpaired) electrons. The summed E-state index contributed by atoms with van der Waals surface area (Å²) < 4.78 is 21.4. The zero-order valence-corrected chi connectivity index (χ0v) is 24.1. The van der Waals surface area contributed by atoms with Gasteiger partial charge >= 0.3 is 0 Å². The van der Waals surface area contributed by atoms with Crippen LogP contribution in [0.1, 0.15) is 58.2 Å². The number of ether oxygens (including phenoxy) is 1. The van der Waals surface area contributed by atoms with Crippen LogP contribution in [-0.2, 0) is 24.1 Å². The normalized spacial score (nSPS) is 17.2. The molecule has 4 aromatic rings. The van der Waals surface area contributed by atoms with Crippen LogP contribution in [0.3, 0.4) is 0 Å². The van der Waals surface area contributed by atoms with Crippen molar-refractivity contribution in [2.24, 2.45) is 11.8 Å². The van der Waals surface area contributed by atoms with Gasteiger partial charge in [0, 0.05) is 59.7 Å². The number of methoxy groups -OCH3 is 1. The van der Waals surface area contributed by atoms with Crippen molar-refractivity contribution in [3.05, 3.63) is 82.1 Å². The number of aryl methyl sites for hydroxylation is 1. The summed E-state index contributed by atoms with van der Waals surface area (Å²) in [6, 6.07) is 11.4. The first kappa shape index (κ1) is 27.7. The summed E-state index contributed by atoms with van der Waals surface area (Å²) in [5.74, 6) is 0.370. The molecule has 1 saturated heterocycles. The Kier molecular flexibility index (Phi) is 7.53. The Labute approximate surface area is 243 Å². The smallest absolute Gasteiger partial charge is 0.257 e. The van der Waals surface area contributed by atoms with Crippen molar-refractivity contribution in [1.82, 2.24) is 25.3 Å². The highest BCUT2D eigenvalue weighted by atomic mass is 19.1. The molecule has 0 aliphatic carbocycles. The molecule has 1 unspecified atom stereocenters. The predicted octanol–water partition coefficient (Wildman–Crippen LogP) is 5.07. The number of halogens is 1. The number of nitrogens with one attached hydrogen (secondary N) is 3. The fourth-order valence-electron chi connectivity index (χ4n) is 6.09. The van der Waals surface area contributed by atoms with Gasteiger partial charge in [0.05, 0.1) is 24.1 Å². The van der Waals surface area contributed by atoms with Gasteiger partial charge in [0.1, 0.15) is 11.6 Å². The average Bonchev–Trinajstić information content (AvgIpc) is 3.60. The van der Waals surface area contributed by atoms with Crippen LogP contribution in [0.5, 0.6) is 5.75 Å². The number of hydrogen-bond donors (Lipinski definition) is 3. The second-order valence-corrected chi connectivity index (χ2v) is 11.4. The third-order valence-electron chi connectivity index (χ3n) is 8.66. The van der Waals surface area contributed by atoms with E-state index in [2.05, 4.69) is 25.7 Å². The van der Waals surface area contributed by atoms with Crippen LogP contribution in [0, 0.1) is 24.6 Å². The third kappa shape index (κ3) is 5.29. The zero-order chi connectivity index (χ0) is 29.4. The van der Waals surface area contributed by atoms with Crippen LogP contribution < -0.4 is 10.1 Å². The van der Waals surface area contributed by atoms with E-state index in [4.69, 9.17) is 4.74 Å². The summed E-state index contributed by atoms with van der Waals surface area (Å²) in [5.41, 5.74) is 6.44. The van der Waals surface area contributed by atoms with E-state index in [1.54, 1.807) is 25.4 Å². The van der Waals surface area contributed by atoms with Crippen LogP contribution in [0.15, 0.2) is 42.6 Å². The van der Waals surface area contributed by atoms with Gasteiger partial charge in [-0.25, -0.2) is 4.39 Å². The zero-order valence-electron chi connectivity index (χ0n) is 24.1. The SMILES string of the molecule is COc1ccc(Cc2[nH]nc(-c3ccc4c(c3F)CC(C)C(=O)N4)c2CC2CCN(C(=O)c3c[nH]nc3C)CC2)cc1. The fourth-order valence-corrected chi connectivity index (χ4v) is 6.09. The maximum atomic E-state index is 16.1. The van der Waals surface area contributed by atoms with Crippen molar-refractivity contribution >= 4 is 17.5 Å². The number of amides is 2. The molecule has 2 aliphatic heterocycles. The monoisotopic (exact) mass is 570 g/mol. The van der Waals surface area contributed by atoms with Crippen molar-refractivity contribution in [2.75, 3.05) is 25.5 Å². The van der Waals surface area contributed by atoms with E-state index in [1.165, 1.54) is 0 Å². The van der Waals surface area contributed by atoms with Crippen molar-refractivity contribution in [3.63, 3.8) is 0 Å². The van der Waals surface area contributed by atoms with Crippen molar-refractivity contribution in [1.29, 1.82) is 0 Å². The number of benzene rings is 2. The average molecular weight is 571 g/mol. The molecule has 6 rings (SSSR count). The Morgan fingerprint density at radius 1 is 1.12 bits per heavy atom. The highest BCUT2D eigenvalue weighted by Gasteiger charge is 2.30. The second-order valence-electron chi connectivity index (χ2n) is 11.4. The Morgan fingerprint density at radius 3 is 2.57 bits per heavy atom. The Bertz CT molecular complexity index is 1620. The van der Waals surface area contributed by atoms with E-state index < -0.39 is 0 Å². The van der Waals surface area contributed by atoms with Crippen LogP contribution in [-0.4, -0.2) is 57.3 Å². The molecule has 3 N–H and O–H groups in total. The Morgan fingerprint density at radius 2 is 1.88 bits per heavy atom. The molecule has 2 aromatic carbocycles. The number of piperidine rings is 1. The van der Waals surface area contributed by atoms with Gasteiger partial charge in [-0.3, -0.25) is 19.8 Å². The summed E-state index contributed by atoms with van der Waals surface area (Å²) in [6.07, 6.45) is 5.02. The number of nitrogens with zero attached hydrogens (tertiary/aromatic N) is 3. The first-order valence-electron chi connectivity index (χ1n) is 14.4. The number of fused-ring (bicyclic) bond motifs is 1. The quantitative estimate of drug-likeness (QED) is 0.287. The second kappa shape index (κ2) is 11.4. The number of aromatic amines is 2. The van der Waals surface area contributed by atoms with Gasteiger partial charge in [-0.15, -0.1) is 0 Å². The first-order chi connectivity index (χ1) is 20.3. The van der Waals surface area contributed by atoms with Crippen molar-refractivity contribution in [2.45, 2.75) is 46.0 Å². The van der Waals surface area contributed by atoms with E-state index in [0.717, 1.165) is 35.4 Å². The number of hydrogen-bond acceptors (Lipinski definition) is 5. The molecule has 9 nitrogen and oxygen atoms in total. The van der Waals surface area contributed by atoms with E-state index in [0.29, 0.717) is 72.0 Å². The molecule has 1 atom stereocenters. The minimum Gasteiger partial charge on any atom is -0.497 e. The van der Waals surface area contributed by atoms with Crippen LogP contribution in [0.2, 0.25) is 0 Å². The minimum absolute atomic E-state index is 0.00125. The fraction of sp³-hybridized carbons (Fsp3) is 0.375. The topological polar surface area (TPSA) is 116 Å². The van der Waals surface area contributed by atoms with Gasteiger partial charge in [0.2, 0.25) is 5.91 Å². The lowest BCUT2D eigenvalue weighted by molar-refractivity contribution is -0.119. The maximum Gasteiger partial charge on any atom is 0.257 e.